The minimum atomic E-state index is -5.77. The highest BCUT2D eigenvalue weighted by atomic mass is 32.2. The zero-order valence-electron chi connectivity index (χ0n) is 16.9. The second-order valence-electron chi connectivity index (χ2n) is 7.76. The van der Waals surface area contributed by atoms with E-state index in [1.807, 2.05) is 0 Å². The van der Waals surface area contributed by atoms with Crippen molar-refractivity contribution in [1.29, 1.82) is 0 Å². The van der Waals surface area contributed by atoms with Crippen molar-refractivity contribution in [1.82, 2.24) is 14.9 Å². The largest absolute Gasteiger partial charge is 0.518 e. The molecule has 0 spiro atoms. The molecule has 0 atom stereocenters. The Kier molecular flexibility index (Phi) is 6.10. The summed E-state index contributed by atoms with van der Waals surface area (Å²) in [6.45, 7) is -0.290. The van der Waals surface area contributed by atoms with Gasteiger partial charge in [-0.2, -0.15) is 26.0 Å². The fourth-order valence-corrected chi connectivity index (χ4v) is 4.64. The van der Waals surface area contributed by atoms with Crippen molar-refractivity contribution in [3.63, 3.8) is 0 Å². The number of hydrogen-bond donors (Lipinski definition) is 0. The van der Waals surface area contributed by atoms with Gasteiger partial charge in [0.15, 0.2) is 6.61 Å². The Bertz CT molecular complexity index is 1050. The Morgan fingerprint density at radius 1 is 1.12 bits per heavy atom. The number of piperidine rings is 1. The highest BCUT2D eigenvalue weighted by molar-refractivity contribution is 7.91. The van der Waals surface area contributed by atoms with E-state index in [0.717, 1.165) is 24.0 Å². The van der Waals surface area contributed by atoms with E-state index < -0.39 is 28.0 Å². The number of rotatable bonds is 1. The fourth-order valence-electron chi connectivity index (χ4n) is 4.06. The lowest BCUT2D eigenvalue weighted by molar-refractivity contribution is -0.131. The Morgan fingerprint density at radius 3 is 2.56 bits per heavy atom. The predicted octanol–water partition coefficient (Wildman–Crippen LogP) is 2.67. The normalized spacial score (nSPS) is 27.6. The summed E-state index contributed by atoms with van der Waals surface area (Å²) in [5.41, 5.74) is -5.35. The van der Waals surface area contributed by atoms with E-state index in [1.54, 1.807) is 6.20 Å². The Hall–Kier alpha value is -2.70. The van der Waals surface area contributed by atoms with Gasteiger partial charge >= 0.3 is 15.5 Å². The standard InChI is InChI=1S/C19H21F3N4O5S/c20-19(21,22)32(28,29)25-14-2-1-9-26-15(14)10-30-13-5-3-12(4-6-13)17-18(24-8-7-23-17)31-11-16(26)27/h7-8,10,12-13H,1-6,9,11H2/b15-10-,25-14+. The fraction of sp³-hybridized carbons (Fsp3) is 0.579. The number of allylic oxidation sites excluding steroid dienone is 1. The van der Waals surface area contributed by atoms with Crippen LogP contribution in [0.5, 0.6) is 5.88 Å². The number of nitrogens with zero attached hydrogens (tertiary/aromatic N) is 4. The lowest BCUT2D eigenvalue weighted by atomic mass is 9.85. The molecule has 1 saturated heterocycles. The summed E-state index contributed by atoms with van der Waals surface area (Å²) >= 11 is 0. The van der Waals surface area contributed by atoms with E-state index in [4.69, 9.17) is 9.47 Å². The zero-order chi connectivity index (χ0) is 22.9. The average Bonchev–Trinajstić information content (AvgIpc) is 2.77. The SMILES string of the molecule is O=C1COc2nccnc2C2CCC(CC2)O/C=C2/C(=N/S(=O)(=O)C(F)(F)F)CCCN12. The molecule has 0 unspecified atom stereocenters. The first-order valence-electron chi connectivity index (χ1n) is 10.2. The van der Waals surface area contributed by atoms with Crippen LogP contribution in [-0.2, 0) is 19.6 Å². The summed E-state index contributed by atoms with van der Waals surface area (Å²) in [4.78, 5) is 22.6. The van der Waals surface area contributed by atoms with Crippen LogP contribution >= 0.6 is 0 Å². The maximum atomic E-state index is 12.9. The van der Waals surface area contributed by atoms with Gasteiger partial charge in [0.05, 0.1) is 11.8 Å². The maximum absolute atomic E-state index is 12.9. The van der Waals surface area contributed by atoms with Gasteiger partial charge in [0.2, 0.25) is 5.88 Å². The van der Waals surface area contributed by atoms with E-state index in [-0.39, 0.29) is 48.7 Å². The minimum absolute atomic E-state index is 0.0454. The third kappa shape index (κ3) is 4.57. The van der Waals surface area contributed by atoms with Crippen molar-refractivity contribution in [2.45, 2.75) is 56.1 Å². The zero-order valence-corrected chi connectivity index (χ0v) is 17.7. The molecule has 4 heterocycles. The molecule has 1 aromatic heterocycles. The molecule has 32 heavy (non-hydrogen) atoms. The van der Waals surface area contributed by atoms with Gasteiger partial charge in [-0.15, -0.1) is 0 Å². The molecule has 1 amide bonds. The molecule has 174 valence electrons. The van der Waals surface area contributed by atoms with E-state index in [1.165, 1.54) is 6.20 Å². The summed E-state index contributed by atoms with van der Waals surface area (Å²) in [7, 11) is -5.77. The first kappa shape index (κ1) is 22.5. The third-order valence-corrected chi connectivity index (χ3v) is 6.71. The van der Waals surface area contributed by atoms with Crippen LogP contribution in [0.25, 0.3) is 0 Å². The first-order chi connectivity index (χ1) is 15.2. The van der Waals surface area contributed by atoms with E-state index >= 15 is 0 Å². The molecule has 9 nitrogen and oxygen atoms in total. The predicted molar refractivity (Wildman–Crippen MR) is 105 cm³/mol. The van der Waals surface area contributed by atoms with Gasteiger partial charge in [-0.05, 0) is 38.5 Å². The molecule has 0 aromatic carbocycles. The second kappa shape index (κ2) is 8.68. The van der Waals surface area contributed by atoms with Gasteiger partial charge < -0.3 is 14.4 Å². The van der Waals surface area contributed by atoms with E-state index in [9.17, 15) is 26.4 Å². The number of halogens is 3. The quantitative estimate of drug-likeness (QED) is 0.615. The molecule has 0 radical (unpaired) electrons. The number of alkyl halides is 3. The molecular formula is C19H21F3N4O5S. The van der Waals surface area contributed by atoms with Crippen molar-refractivity contribution >= 4 is 21.6 Å². The second-order valence-corrected chi connectivity index (χ2v) is 9.35. The topological polar surface area (TPSA) is 111 Å². The monoisotopic (exact) mass is 474 g/mol. The van der Waals surface area contributed by atoms with Crippen LogP contribution in [-0.4, -0.2) is 59.7 Å². The van der Waals surface area contributed by atoms with Crippen molar-refractivity contribution < 1.29 is 35.9 Å². The molecule has 5 rings (SSSR count). The molecule has 1 aliphatic carbocycles. The van der Waals surface area contributed by atoms with Crippen LogP contribution in [0, 0.1) is 0 Å². The maximum Gasteiger partial charge on any atom is 0.518 e. The number of fused-ring (bicyclic) bond motifs is 5. The molecule has 2 bridgehead atoms. The number of aromatic nitrogens is 2. The first-order valence-corrected chi connectivity index (χ1v) is 11.6. The van der Waals surface area contributed by atoms with Crippen LogP contribution in [0.4, 0.5) is 13.2 Å². The van der Waals surface area contributed by atoms with Crippen molar-refractivity contribution in [2.75, 3.05) is 13.2 Å². The van der Waals surface area contributed by atoms with Crippen LogP contribution < -0.4 is 4.74 Å². The summed E-state index contributed by atoms with van der Waals surface area (Å²) in [6, 6.07) is 0. The molecule has 1 aromatic rings. The third-order valence-electron chi connectivity index (χ3n) is 5.66. The molecule has 3 aliphatic heterocycles. The molecular weight excluding hydrogens is 453 g/mol. The summed E-state index contributed by atoms with van der Waals surface area (Å²) in [5, 5.41) is 0. The average molecular weight is 474 g/mol. The minimum Gasteiger partial charge on any atom is -0.496 e. The smallest absolute Gasteiger partial charge is 0.496 e. The van der Waals surface area contributed by atoms with Crippen LogP contribution in [0.2, 0.25) is 0 Å². The molecule has 2 fully saturated rings. The van der Waals surface area contributed by atoms with Crippen molar-refractivity contribution in [3.05, 3.63) is 30.0 Å². The number of carbonyl (C=O) groups excluding carboxylic acids is 1. The molecule has 13 heteroatoms. The Morgan fingerprint density at radius 2 is 1.84 bits per heavy atom. The van der Waals surface area contributed by atoms with Gasteiger partial charge in [0, 0.05) is 24.9 Å². The van der Waals surface area contributed by atoms with Crippen molar-refractivity contribution in [2.24, 2.45) is 4.40 Å². The van der Waals surface area contributed by atoms with Gasteiger partial charge in [-0.1, -0.05) is 0 Å². The van der Waals surface area contributed by atoms with Crippen LogP contribution in [0.1, 0.15) is 50.1 Å². The number of hydrogen-bond acceptors (Lipinski definition) is 7. The summed E-state index contributed by atoms with van der Waals surface area (Å²) in [5.74, 6) is -0.265. The highest BCUT2D eigenvalue weighted by Crippen LogP contribution is 2.37. The van der Waals surface area contributed by atoms with Crippen molar-refractivity contribution in [3.8, 4) is 5.88 Å². The number of amides is 1. The molecule has 1 saturated carbocycles. The lowest BCUT2D eigenvalue weighted by Gasteiger charge is -2.31. The molecule has 0 N–H and O–H groups in total. The summed E-state index contributed by atoms with van der Waals surface area (Å²) in [6.07, 6.45) is 6.86. The Balaban J connectivity index is 1.71. The summed E-state index contributed by atoms with van der Waals surface area (Å²) < 4.78 is 76.4. The van der Waals surface area contributed by atoms with Crippen LogP contribution in [0.3, 0.4) is 0 Å². The van der Waals surface area contributed by atoms with Crippen LogP contribution in [0.15, 0.2) is 28.8 Å². The lowest BCUT2D eigenvalue weighted by Crippen LogP contribution is -2.41. The van der Waals surface area contributed by atoms with E-state index in [0.29, 0.717) is 18.5 Å². The van der Waals surface area contributed by atoms with E-state index in [2.05, 4.69) is 14.4 Å². The highest BCUT2D eigenvalue weighted by Gasteiger charge is 2.47. The number of sulfonamides is 1. The number of carbonyl (C=O) groups is 1. The van der Waals surface area contributed by atoms with Gasteiger partial charge in [-0.25, -0.2) is 4.98 Å². The Labute approximate surface area is 182 Å². The number of ether oxygens (including phenoxy) is 2. The van der Waals surface area contributed by atoms with Gasteiger partial charge in [0.25, 0.3) is 5.91 Å². The van der Waals surface area contributed by atoms with Gasteiger partial charge in [-0.3, -0.25) is 9.78 Å². The van der Waals surface area contributed by atoms with Gasteiger partial charge in [0.1, 0.15) is 17.7 Å². The molecule has 4 aliphatic rings.